The van der Waals surface area contributed by atoms with Crippen LogP contribution in [0.15, 0.2) is 18.2 Å². The molecule has 0 unspecified atom stereocenters. The van der Waals surface area contributed by atoms with Crippen LogP contribution in [-0.2, 0) is 4.79 Å². The van der Waals surface area contributed by atoms with E-state index in [0.29, 0.717) is 36.7 Å². The van der Waals surface area contributed by atoms with Crippen molar-refractivity contribution in [1.82, 2.24) is 14.7 Å². The summed E-state index contributed by atoms with van der Waals surface area (Å²) in [6.45, 7) is 9.87. The van der Waals surface area contributed by atoms with E-state index in [4.69, 9.17) is 9.47 Å². The molecule has 2 aliphatic heterocycles. The first-order valence-corrected chi connectivity index (χ1v) is 12.0. The second-order valence-corrected chi connectivity index (χ2v) is 9.20. The molecule has 2 saturated heterocycles. The van der Waals surface area contributed by atoms with E-state index in [1.807, 2.05) is 4.90 Å². The molecule has 1 spiro atoms. The molecule has 0 aromatic heterocycles. The van der Waals surface area contributed by atoms with E-state index in [9.17, 15) is 9.59 Å². The lowest BCUT2D eigenvalue weighted by atomic mass is 9.77. The molecule has 2 fully saturated rings. The van der Waals surface area contributed by atoms with Gasteiger partial charge < -0.3 is 19.3 Å². The molecule has 7 nitrogen and oxygen atoms in total. The Kier molecular flexibility index (Phi) is 8.40. The molecule has 2 heterocycles. The summed E-state index contributed by atoms with van der Waals surface area (Å²) < 4.78 is 10.7. The topological polar surface area (TPSA) is 62.3 Å². The highest BCUT2D eigenvalue weighted by Crippen LogP contribution is 2.41. The first-order valence-electron chi connectivity index (χ1n) is 12.0. The summed E-state index contributed by atoms with van der Waals surface area (Å²) in [4.78, 5) is 32.3. The fourth-order valence-electron chi connectivity index (χ4n) is 5.09. The second kappa shape index (κ2) is 11.0. The summed E-state index contributed by atoms with van der Waals surface area (Å²) >= 11 is 0. The number of carbonyl (C=O) groups excluding carboxylic acids is 2. The number of amides is 2. The Labute approximate surface area is 192 Å². The van der Waals surface area contributed by atoms with Gasteiger partial charge in [0.25, 0.3) is 5.91 Å². The van der Waals surface area contributed by atoms with Gasteiger partial charge in [0.2, 0.25) is 5.91 Å². The molecule has 178 valence electrons. The Balaban J connectivity index is 1.57. The minimum Gasteiger partial charge on any atom is -0.497 e. The summed E-state index contributed by atoms with van der Waals surface area (Å²) in [7, 11) is 3.17. The van der Waals surface area contributed by atoms with Gasteiger partial charge in [-0.2, -0.15) is 0 Å². The third-order valence-electron chi connectivity index (χ3n) is 6.98. The Morgan fingerprint density at radius 1 is 0.969 bits per heavy atom. The average Bonchev–Trinajstić information content (AvgIpc) is 3.22. The van der Waals surface area contributed by atoms with Crippen LogP contribution in [0.2, 0.25) is 0 Å². The molecule has 1 aromatic carbocycles. The monoisotopic (exact) mass is 445 g/mol. The molecule has 3 rings (SSSR count). The Hall–Kier alpha value is -2.28. The lowest BCUT2D eigenvalue weighted by Gasteiger charge is -2.39. The van der Waals surface area contributed by atoms with E-state index in [-0.39, 0.29) is 17.2 Å². The summed E-state index contributed by atoms with van der Waals surface area (Å²) in [6.07, 6.45) is 5.04. The molecule has 0 atom stereocenters. The number of nitrogens with zero attached hydrogens (tertiary/aromatic N) is 3. The van der Waals surface area contributed by atoms with Crippen LogP contribution in [0, 0.1) is 5.41 Å². The zero-order valence-electron chi connectivity index (χ0n) is 20.2. The molecule has 7 heteroatoms. The van der Waals surface area contributed by atoms with Gasteiger partial charge in [-0.15, -0.1) is 0 Å². The molecule has 0 radical (unpaired) electrons. The Bertz CT molecular complexity index is 783. The lowest BCUT2D eigenvalue weighted by molar-refractivity contribution is -0.132. The van der Waals surface area contributed by atoms with Crippen LogP contribution in [0.3, 0.4) is 0 Å². The number of hydrogen-bond donors (Lipinski definition) is 0. The van der Waals surface area contributed by atoms with Crippen molar-refractivity contribution in [3.63, 3.8) is 0 Å². The second-order valence-electron chi connectivity index (χ2n) is 9.20. The number of hydrogen-bond acceptors (Lipinski definition) is 5. The number of benzene rings is 1. The van der Waals surface area contributed by atoms with Gasteiger partial charge in [0.05, 0.1) is 26.3 Å². The first kappa shape index (κ1) is 24.4. The summed E-state index contributed by atoms with van der Waals surface area (Å²) in [6, 6.07) is 5.32. The minimum atomic E-state index is -0.0173. The van der Waals surface area contributed by atoms with Crippen LogP contribution in [0.4, 0.5) is 0 Å². The first-order chi connectivity index (χ1) is 15.4. The zero-order chi connectivity index (χ0) is 23.1. The van der Waals surface area contributed by atoms with Crippen LogP contribution in [0.25, 0.3) is 0 Å². The van der Waals surface area contributed by atoms with Gasteiger partial charge in [-0.25, -0.2) is 0 Å². The van der Waals surface area contributed by atoms with Crippen molar-refractivity contribution in [1.29, 1.82) is 0 Å². The predicted molar refractivity (Wildman–Crippen MR) is 125 cm³/mol. The van der Waals surface area contributed by atoms with Crippen LogP contribution < -0.4 is 9.47 Å². The van der Waals surface area contributed by atoms with Crippen molar-refractivity contribution in [2.75, 3.05) is 60.0 Å². The SMILES string of the molecule is CCCN(CCC)CC(=O)N1CCC2(CCN(C(=O)c3cc(OC)ccc3OC)CC2)C1. The van der Waals surface area contributed by atoms with Gasteiger partial charge in [0.1, 0.15) is 11.5 Å². The molecular weight excluding hydrogens is 406 g/mol. The third kappa shape index (κ3) is 5.55. The van der Waals surface area contributed by atoms with Crippen molar-refractivity contribution < 1.29 is 19.1 Å². The highest BCUT2D eigenvalue weighted by molar-refractivity contribution is 5.97. The number of methoxy groups -OCH3 is 2. The van der Waals surface area contributed by atoms with Crippen LogP contribution in [0.5, 0.6) is 11.5 Å². The summed E-state index contributed by atoms with van der Waals surface area (Å²) in [5.41, 5.74) is 0.684. The van der Waals surface area contributed by atoms with Crippen LogP contribution >= 0.6 is 0 Å². The largest absolute Gasteiger partial charge is 0.497 e. The molecule has 0 bridgehead atoms. The number of piperidine rings is 1. The zero-order valence-corrected chi connectivity index (χ0v) is 20.2. The summed E-state index contributed by atoms with van der Waals surface area (Å²) in [5.74, 6) is 1.45. The fraction of sp³-hybridized carbons (Fsp3) is 0.680. The third-order valence-corrected chi connectivity index (χ3v) is 6.98. The molecule has 0 N–H and O–H groups in total. The van der Waals surface area contributed by atoms with Gasteiger partial charge in [0, 0.05) is 26.2 Å². The van der Waals surface area contributed by atoms with Crippen molar-refractivity contribution in [3.05, 3.63) is 23.8 Å². The van der Waals surface area contributed by atoms with Gasteiger partial charge in [-0.05, 0) is 68.8 Å². The van der Waals surface area contributed by atoms with Crippen LogP contribution in [-0.4, -0.2) is 86.5 Å². The molecule has 0 aliphatic carbocycles. The maximum Gasteiger partial charge on any atom is 0.257 e. The number of likely N-dealkylation sites (tertiary alicyclic amines) is 2. The van der Waals surface area contributed by atoms with Gasteiger partial charge in [-0.3, -0.25) is 14.5 Å². The molecule has 1 aromatic rings. The summed E-state index contributed by atoms with van der Waals surface area (Å²) in [5, 5.41) is 0. The van der Waals surface area contributed by atoms with Crippen molar-refractivity contribution in [3.8, 4) is 11.5 Å². The van der Waals surface area contributed by atoms with Crippen LogP contribution in [0.1, 0.15) is 56.3 Å². The van der Waals surface area contributed by atoms with Crippen molar-refractivity contribution in [2.24, 2.45) is 5.41 Å². The smallest absolute Gasteiger partial charge is 0.257 e. The highest BCUT2D eigenvalue weighted by Gasteiger charge is 2.43. The van der Waals surface area contributed by atoms with Gasteiger partial charge >= 0.3 is 0 Å². The van der Waals surface area contributed by atoms with E-state index < -0.39 is 0 Å². The maximum atomic E-state index is 13.2. The van der Waals surface area contributed by atoms with E-state index in [1.54, 1.807) is 32.4 Å². The predicted octanol–water partition coefficient (Wildman–Crippen LogP) is 3.28. The Morgan fingerprint density at radius 3 is 2.16 bits per heavy atom. The molecule has 0 saturated carbocycles. The fourth-order valence-corrected chi connectivity index (χ4v) is 5.09. The molecule has 2 aliphatic rings. The quantitative estimate of drug-likeness (QED) is 0.584. The number of carbonyl (C=O) groups is 2. The lowest BCUT2D eigenvalue weighted by Crippen LogP contribution is -2.45. The van der Waals surface area contributed by atoms with Crippen molar-refractivity contribution >= 4 is 11.8 Å². The normalized spacial score (nSPS) is 17.8. The molecule has 32 heavy (non-hydrogen) atoms. The Morgan fingerprint density at radius 2 is 1.59 bits per heavy atom. The standard InChI is InChI=1S/C25H39N3O4/c1-5-12-26(13-6-2)18-23(29)28-16-11-25(19-28)9-14-27(15-10-25)24(30)21-17-20(31-3)7-8-22(21)32-4/h7-8,17H,5-6,9-16,18-19H2,1-4H3. The molecule has 2 amide bonds. The van der Waals surface area contributed by atoms with Gasteiger partial charge in [0.15, 0.2) is 0 Å². The van der Waals surface area contributed by atoms with E-state index in [0.717, 1.165) is 58.3 Å². The highest BCUT2D eigenvalue weighted by atomic mass is 16.5. The maximum absolute atomic E-state index is 13.2. The van der Waals surface area contributed by atoms with E-state index in [1.165, 1.54) is 0 Å². The minimum absolute atomic E-state index is 0.0173. The number of rotatable bonds is 9. The van der Waals surface area contributed by atoms with E-state index in [2.05, 4.69) is 23.6 Å². The van der Waals surface area contributed by atoms with Crippen molar-refractivity contribution in [2.45, 2.75) is 46.0 Å². The molecular formula is C25H39N3O4. The average molecular weight is 446 g/mol. The van der Waals surface area contributed by atoms with E-state index >= 15 is 0 Å². The van der Waals surface area contributed by atoms with Gasteiger partial charge in [-0.1, -0.05) is 13.8 Å². The number of ether oxygens (including phenoxy) is 2.